The second kappa shape index (κ2) is 8.88. The molecule has 10 heteroatoms. The van der Waals surface area contributed by atoms with Crippen molar-refractivity contribution >= 4 is 33.0 Å². The summed E-state index contributed by atoms with van der Waals surface area (Å²) < 4.78 is 54.6. The van der Waals surface area contributed by atoms with Gasteiger partial charge in [0.15, 0.2) is 0 Å². The molecule has 0 bridgehead atoms. The highest BCUT2D eigenvalue weighted by Gasteiger charge is 2.26. The quantitative estimate of drug-likeness (QED) is 0.654. The molecule has 1 N–H and O–H groups in total. The lowest BCUT2D eigenvalue weighted by molar-refractivity contribution is -0.116. The average Bonchev–Trinajstić information content (AvgIpc) is 3.11. The van der Waals surface area contributed by atoms with Crippen molar-refractivity contribution in [1.29, 1.82) is 0 Å². The van der Waals surface area contributed by atoms with E-state index in [1.807, 2.05) is 0 Å². The van der Waals surface area contributed by atoms with Crippen LogP contribution in [0.2, 0.25) is 0 Å². The summed E-state index contributed by atoms with van der Waals surface area (Å²) in [6, 6.07) is 8.35. The molecule has 0 atom stereocenters. The summed E-state index contributed by atoms with van der Waals surface area (Å²) in [5.41, 5.74) is 0.323. The van der Waals surface area contributed by atoms with E-state index >= 15 is 0 Å². The molecule has 2 aromatic rings. The van der Waals surface area contributed by atoms with E-state index in [4.69, 9.17) is 0 Å². The number of anilines is 1. The fraction of sp³-hybridized carbons (Fsp3) is 0.188. The molecule has 0 spiro atoms. The maximum Gasteiger partial charge on any atom is 0.387 e. The zero-order valence-corrected chi connectivity index (χ0v) is 15.1. The Kier molecular flexibility index (Phi) is 6.83. The highest BCUT2D eigenvalue weighted by atomic mass is 32.2. The van der Waals surface area contributed by atoms with Gasteiger partial charge in [0, 0.05) is 12.2 Å². The zero-order valence-electron chi connectivity index (χ0n) is 13.5. The van der Waals surface area contributed by atoms with Crippen LogP contribution < -0.4 is 10.1 Å². The van der Waals surface area contributed by atoms with Gasteiger partial charge in [-0.15, -0.1) is 17.9 Å². The number of ether oxygens (including phenoxy) is 1. The Balaban J connectivity index is 2.05. The van der Waals surface area contributed by atoms with Gasteiger partial charge in [0.2, 0.25) is 5.91 Å². The maximum absolute atomic E-state index is 12.5. The van der Waals surface area contributed by atoms with Crippen molar-refractivity contribution in [1.82, 2.24) is 4.31 Å². The van der Waals surface area contributed by atoms with Crippen LogP contribution in [-0.4, -0.2) is 38.3 Å². The number of alkyl halides is 2. The van der Waals surface area contributed by atoms with Crippen LogP contribution in [0.1, 0.15) is 0 Å². The minimum absolute atomic E-state index is 0.0329. The summed E-state index contributed by atoms with van der Waals surface area (Å²) in [6.07, 6.45) is 1.38. The summed E-state index contributed by atoms with van der Waals surface area (Å²) in [5, 5.41) is 4.14. The Morgan fingerprint density at radius 1 is 1.31 bits per heavy atom. The molecule has 0 saturated heterocycles. The molecule has 0 radical (unpaired) electrons. The first-order valence-corrected chi connectivity index (χ1v) is 9.64. The topological polar surface area (TPSA) is 75.7 Å². The van der Waals surface area contributed by atoms with E-state index in [0.717, 1.165) is 15.6 Å². The van der Waals surface area contributed by atoms with Crippen molar-refractivity contribution in [3.63, 3.8) is 0 Å². The highest BCUT2D eigenvalue weighted by Crippen LogP contribution is 2.21. The smallest absolute Gasteiger partial charge is 0.387 e. The largest absolute Gasteiger partial charge is 0.435 e. The number of hydrogen-bond acceptors (Lipinski definition) is 5. The van der Waals surface area contributed by atoms with Gasteiger partial charge in [-0.2, -0.15) is 13.1 Å². The van der Waals surface area contributed by atoms with Crippen molar-refractivity contribution in [3.8, 4) is 5.75 Å². The van der Waals surface area contributed by atoms with Gasteiger partial charge in [-0.05, 0) is 35.7 Å². The van der Waals surface area contributed by atoms with Gasteiger partial charge in [-0.3, -0.25) is 4.79 Å². The molecule has 1 amide bonds. The van der Waals surface area contributed by atoms with Crippen LogP contribution in [0.5, 0.6) is 5.75 Å². The Morgan fingerprint density at radius 3 is 2.54 bits per heavy atom. The second-order valence-electron chi connectivity index (χ2n) is 4.97. The van der Waals surface area contributed by atoms with Gasteiger partial charge in [0.05, 0.1) is 6.54 Å². The third-order valence-corrected chi connectivity index (χ3v) is 6.29. The molecule has 1 aromatic heterocycles. The Hall–Kier alpha value is -2.30. The number of carbonyl (C=O) groups excluding carboxylic acids is 1. The standard InChI is InChI=1S/C16H16F2N2O4S2/c1-2-9-20(26(22,23)15-4-3-10-25-15)11-14(21)19-12-5-7-13(8-6-12)24-16(17)18/h2-8,10,16H,1,9,11H2,(H,19,21). The minimum Gasteiger partial charge on any atom is -0.435 e. The summed E-state index contributed by atoms with van der Waals surface area (Å²) in [4.78, 5) is 12.2. The van der Waals surface area contributed by atoms with Gasteiger partial charge in [0.1, 0.15) is 9.96 Å². The van der Waals surface area contributed by atoms with E-state index in [1.54, 1.807) is 11.4 Å². The summed E-state index contributed by atoms with van der Waals surface area (Å²) in [7, 11) is -3.81. The lowest BCUT2D eigenvalue weighted by Crippen LogP contribution is -2.37. The molecule has 1 aromatic carbocycles. The van der Waals surface area contributed by atoms with E-state index in [-0.39, 0.29) is 16.5 Å². The molecule has 0 unspecified atom stereocenters. The molecule has 1 heterocycles. The monoisotopic (exact) mass is 402 g/mol. The average molecular weight is 402 g/mol. The molecule has 140 valence electrons. The first kappa shape index (κ1) is 20.0. The Labute approximate surface area is 153 Å². The number of benzene rings is 1. The zero-order chi connectivity index (χ0) is 19.2. The Morgan fingerprint density at radius 2 is 2.00 bits per heavy atom. The summed E-state index contributed by atoms with van der Waals surface area (Å²) in [5.74, 6) is -0.624. The molecule has 0 saturated carbocycles. The van der Waals surface area contributed by atoms with Crippen molar-refractivity contribution in [2.75, 3.05) is 18.4 Å². The lowest BCUT2D eigenvalue weighted by Gasteiger charge is -2.19. The fourth-order valence-electron chi connectivity index (χ4n) is 2.01. The molecule has 2 rings (SSSR count). The van der Waals surface area contributed by atoms with Gasteiger partial charge in [-0.25, -0.2) is 8.42 Å². The first-order chi connectivity index (χ1) is 12.3. The number of hydrogen-bond donors (Lipinski definition) is 1. The van der Waals surface area contributed by atoms with Gasteiger partial charge in [0.25, 0.3) is 10.0 Å². The number of sulfonamides is 1. The first-order valence-electron chi connectivity index (χ1n) is 7.32. The molecule has 0 fully saturated rings. The number of nitrogens with one attached hydrogen (secondary N) is 1. The molecule has 0 aliphatic carbocycles. The van der Waals surface area contributed by atoms with Crippen molar-refractivity contribution < 1.29 is 26.7 Å². The van der Waals surface area contributed by atoms with Crippen LogP contribution in [0.25, 0.3) is 0 Å². The lowest BCUT2D eigenvalue weighted by atomic mass is 10.3. The number of nitrogens with zero attached hydrogens (tertiary/aromatic N) is 1. The van der Waals surface area contributed by atoms with Crippen LogP contribution >= 0.6 is 11.3 Å². The molecule has 0 aliphatic heterocycles. The van der Waals surface area contributed by atoms with E-state index in [2.05, 4.69) is 16.6 Å². The number of rotatable bonds is 9. The normalized spacial score (nSPS) is 11.5. The SMILES string of the molecule is C=CCN(CC(=O)Nc1ccc(OC(F)F)cc1)S(=O)(=O)c1cccs1. The van der Waals surface area contributed by atoms with E-state index in [0.29, 0.717) is 5.69 Å². The highest BCUT2D eigenvalue weighted by molar-refractivity contribution is 7.91. The van der Waals surface area contributed by atoms with Crippen molar-refractivity contribution in [3.05, 3.63) is 54.4 Å². The predicted molar refractivity (Wildman–Crippen MR) is 95.0 cm³/mol. The number of amides is 1. The van der Waals surface area contributed by atoms with Gasteiger partial charge >= 0.3 is 6.61 Å². The van der Waals surface area contributed by atoms with Crippen LogP contribution in [0.4, 0.5) is 14.5 Å². The van der Waals surface area contributed by atoms with E-state index in [1.165, 1.54) is 36.4 Å². The second-order valence-corrected chi connectivity index (χ2v) is 8.08. The van der Waals surface area contributed by atoms with Gasteiger partial charge < -0.3 is 10.1 Å². The maximum atomic E-state index is 12.5. The van der Waals surface area contributed by atoms with E-state index in [9.17, 15) is 22.0 Å². The fourth-order valence-corrected chi connectivity index (χ4v) is 4.52. The Bertz CT molecular complexity index is 838. The van der Waals surface area contributed by atoms with Crippen molar-refractivity contribution in [2.24, 2.45) is 0 Å². The third-order valence-electron chi connectivity index (χ3n) is 3.11. The van der Waals surface area contributed by atoms with Crippen LogP contribution in [0.15, 0.2) is 58.6 Å². The minimum atomic E-state index is -3.81. The summed E-state index contributed by atoms with van der Waals surface area (Å²) in [6.45, 7) is 0.123. The van der Waals surface area contributed by atoms with Crippen LogP contribution in [0.3, 0.4) is 0 Å². The molecular weight excluding hydrogens is 386 g/mol. The molecule has 0 aliphatic rings. The molecule has 26 heavy (non-hydrogen) atoms. The third kappa shape index (κ3) is 5.35. The van der Waals surface area contributed by atoms with Gasteiger partial charge in [-0.1, -0.05) is 12.1 Å². The molecular formula is C16H16F2N2O4S2. The van der Waals surface area contributed by atoms with Crippen LogP contribution in [0, 0.1) is 0 Å². The predicted octanol–water partition coefficient (Wildman–Crippen LogP) is 3.16. The van der Waals surface area contributed by atoms with Crippen LogP contribution in [-0.2, 0) is 14.8 Å². The number of carbonyl (C=O) groups is 1. The summed E-state index contributed by atoms with van der Waals surface area (Å²) >= 11 is 1.05. The van der Waals surface area contributed by atoms with Crippen molar-refractivity contribution in [2.45, 2.75) is 10.8 Å². The molecule has 6 nitrogen and oxygen atoms in total. The number of thiophene rings is 1. The van der Waals surface area contributed by atoms with E-state index < -0.39 is 29.1 Å². The number of halogens is 2.